The lowest BCUT2D eigenvalue weighted by Gasteiger charge is -2.21. The van der Waals surface area contributed by atoms with E-state index in [0.29, 0.717) is 29.4 Å². The molecule has 2 heterocycles. The zero-order chi connectivity index (χ0) is 24.9. The van der Waals surface area contributed by atoms with Gasteiger partial charge in [0.05, 0.1) is 18.2 Å². The maximum Gasteiger partial charge on any atom is 0.262 e. The molecule has 35 heavy (non-hydrogen) atoms. The molecule has 1 atom stereocenters. The van der Waals surface area contributed by atoms with Crippen molar-refractivity contribution < 1.29 is 19.1 Å². The molecular weight excluding hydrogens is 448 g/mol. The van der Waals surface area contributed by atoms with Crippen molar-refractivity contribution >= 4 is 35.2 Å². The molecule has 0 spiro atoms. The molecular formula is C25H26N6O4. The minimum Gasteiger partial charge on any atom is -0.497 e. The average molecular weight is 475 g/mol. The van der Waals surface area contributed by atoms with Gasteiger partial charge >= 0.3 is 0 Å². The van der Waals surface area contributed by atoms with E-state index in [1.165, 1.54) is 6.92 Å². The van der Waals surface area contributed by atoms with Gasteiger partial charge in [0.1, 0.15) is 17.6 Å². The second-order valence-electron chi connectivity index (χ2n) is 7.99. The number of hydrogen-bond acceptors (Lipinski definition) is 8. The Morgan fingerprint density at radius 3 is 2.29 bits per heavy atom. The zero-order valence-corrected chi connectivity index (χ0v) is 19.7. The fourth-order valence-corrected chi connectivity index (χ4v) is 3.72. The molecule has 0 saturated heterocycles. The highest BCUT2D eigenvalue weighted by Gasteiger charge is 2.40. The van der Waals surface area contributed by atoms with Crippen molar-refractivity contribution in [3.8, 4) is 5.75 Å². The Kier molecular flexibility index (Phi) is 6.91. The third-order valence-electron chi connectivity index (χ3n) is 5.52. The molecule has 1 aliphatic rings. The van der Waals surface area contributed by atoms with Crippen molar-refractivity contribution in [1.82, 2.24) is 20.2 Å². The standard InChI is InChI=1S/C25H26N6O4/c1-15-14-21(29-17-8-10-18(35-3)11-9-17)30-25(28-15)27-13-12-26-22(32)16(2)31-23(33)19-6-4-5-7-20(19)24(31)34/h4-11,14,16H,12-13H2,1-3H3,(H,26,32)(H2,27,28,29,30). The summed E-state index contributed by atoms with van der Waals surface area (Å²) in [7, 11) is 1.61. The van der Waals surface area contributed by atoms with Gasteiger partial charge in [0.25, 0.3) is 11.8 Å². The summed E-state index contributed by atoms with van der Waals surface area (Å²) >= 11 is 0. The maximum absolute atomic E-state index is 12.6. The van der Waals surface area contributed by atoms with Crippen molar-refractivity contribution in [2.24, 2.45) is 0 Å². The van der Waals surface area contributed by atoms with E-state index in [-0.39, 0.29) is 6.54 Å². The predicted octanol–water partition coefficient (Wildman–Crippen LogP) is 2.75. The van der Waals surface area contributed by atoms with Crippen LogP contribution in [0.5, 0.6) is 5.75 Å². The minimum atomic E-state index is -0.932. The monoisotopic (exact) mass is 474 g/mol. The number of hydrogen-bond donors (Lipinski definition) is 3. The van der Waals surface area contributed by atoms with Crippen LogP contribution in [-0.4, -0.2) is 58.8 Å². The fraction of sp³-hybridized carbons (Fsp3) is 0.240. The molecule has 2 aromatic carbocycles. The number of nitrogens with zero attached hydrogens (tertiary/aromatic N) is 3. The van der Waals surface area contributed by atoms with E-state index in [4.69, 9.17) is 4.74 Å². The lowest BCUT2D eigenvalue weighted by atomic mass is 10.1. The van der Waals surface area contributed by atoms with Gasteiger partial charge < -0.3 is 20.7 Å². The molecule has 10 heteroatoms. The first-order chi connectivity index (χ1) is 16.9. The molecule has 0 radical (unpaired) electrons. The van der Waals surface area contributed by atoms with E-state index >= 15 is 0 Å². The Hall–Kier alpha value is -4.47. The van der Waals surface area contributed by atoms with E-state index in [0.717, 1.165) is 22.0 Å². The Labute approximate surface area is 202 Å². The van der Waals surface area contributed by atoms with Gasteiger partial charge in [-0.2, -0.15) is 4.98 Å². The Morgan fingerprint density at radius 1 is 1.00 bits per heavy atom. The highest BCUT2D eigenvalue weighted by atomic mass is 16.5. The molecule has 10 nitrogen and oxygen atoms in total. The molecule has 180 valence electrons. The number of rotatable bonds is 9. The number of imide groups is 1. The fourth-order valence-electron chi connectivity index (χ4n) is 3.72. The molecule has 0 fully saturated rings. The van der Waals surface area contributed by atoms with Gasteiger partial charge in [-0.3, -0.25) is 19.3 Å². The number of ether oxygens (including phenoxy) is 1. The zero-order valence-electron chi connectivity index (χ0n) is 19.7. The number of methoxy groups -OCH3 is 1. The van der Waals surface area contributed by atoms with Crippen LogP contribution in [0.1, 0.15) is 33.3 Å². The molecule has 3 amide bonds. The lowest BCUT2D eigenvalue weighted by molar-refractivity contribution is -0.124. The van der Waals surface area contributed by atoms with Crippen molar-refractivity contribution in [2.45, 2.75) is 19.9 Å². The third-order valence-corrected chi connectivity index (χ3v) is 5.52. The van der Waals surface area contributed by atoms with Crippen LogP contribution >= 0.6 is 0 Å². The average Bonchev–Trinajstić information content (AvgIpc) is 3.11. The highest BCUT2D eigenvalue weighted by Crippen LogP contribution is 2.24. The number of amides is 3. The second-order valence-corrected chi connectivity index (χ2v) is 7.99. The molecule has 1 unspecified atom stereocenters. The van der Waals surface area contributed by atoms with Crippen LogP contribution in [0.15, 0.2) is 54.6 Å². The van der Waals surface area contributed by atoms with Crippen molar-refractivity contribution in [2.75, 3.05) is 30.8 Å². The number of nitrogens with one attached hydrogen (secondary N) is 3. The van der Waals surface area contributed by atoms with Crippen LogP contribution in [-0.2, 0) is 4.79 Å². The third kappa shape index (κ3) is 5.21. The summed E-state index contributed by atoms with van der Waals surface area (Å²) in [5.41, 5.74) is 2.25. The Balaban J connectivity index is 1.29. The number of aryl methyl sites for hydroxylation is 1. The highest BCUT2D eigenvalue weighted by molar-refractivity contribution is 6.22. The van der Waals surface area contributed by atoms with Gasteiger partial charge in [0.15, 0.2) is 0 Å². The molecule has 3 N–H and O–H groups in total. The number of carbonyl (C=O) groups is 3. The van der Waals surface area contributed by atoms with Crippen molar-refractivity contribution in [3.05, 3.63) is 71.4 Å². The minimum absolute atomic E-state index is 0.255. The van der Waals surface area contributed by atoms with Gasteiger partial charge in [-0.15, -0.1) is 0 Å². The summed E-state index contributed by atoms with van der Waals surface area (Å²) in [6.07, 6.45) is 0. The lowest BCUT2D eigenvalue weighted by Crippen LogP contribution is -2.48. The quantitative estimate of drug-likeness (QED) is 0.319. The first-order valence-electron chi connectivity index (χ1n) is 11.1. The van der Waals surface area contributed by atoms with Gasteiger partial charge in [0.2, 0.25) is 11.9 Å². The summed E-state index contributed by atoms with van der Waals surface area (Å²) < 4.78 is 5.17. The molecule has 4 rings (SSSR count). The number of benzene rings is 2. The van der Waals surface area contributed by atoms with Crippen LogP contribution in [0, 0.1) is 6.92 Å². The van der Waals surface area contributed by atoms with Crippen molar-refractivity contribution in [1.29, 1.82) is 0 Å². The number of carbonyl (C=O) groups excluding carboxylic acids is 3. The van der Waals surface area contributed by atoms with E-state index in [1.54, 1.807) is 31.4 Å². The summed E-state index contributed by atoms with van der Waals surface area (Å²) in [5, 5.41) is 9.05. The normalized spacial score (nSPS) is 13.3. The number of fused-ring (bicyclic) bond motifs is 1. The Bertz CT molecular complexity index is 1230. The SMILES string of the molecule is COc1ccc(Nc2cc(C)nc(NCCNC(=O)C(C)N3C(=O)c4ccccc4C3=O)n2)cc1. The summed E-state index contributed by atoms with van der Waals surface area (Å²) in [5.74, 6) is 0.439. The van der Waals surface area contributed by atoms with E-state index in [9.17, 15) is 14.4 Å². The molecule has 0 bridgehead atoms. The number of anilines is 3. The van der Waals surface area contributed by atoms with Crippen LogP contribution in [0.2, 0.25) is 0 Å². The van der Waals surface area contributed by atoms with Gasteiger partial charge in [-0.1, -0.05) is 12.1 Å². The smallest absolute Gasteiger partial charge is 0.262 e. The summed E-state index contributed by atoms with van der Waals surface area (Å²) in [6, 6.07) is 14.9. The first kappa shape index (κ1) is 23.7. The molecule has 0 saturated carbocycles. The topological polar surface area (TPSA) is 126 Å². The van der Waals surface area contributed by atoms with Crippen molar-refractivity contribution in [3.63, 3.8) is 0 Å². The van der Waals surface area contributed by atoms with Crippen LogP contribution in [0.4, 0.5) is 17.5 Å². The number of aromatic nitrogens is 2. The van der Waals surface area contributed by atoms with Gasteiger partial charge in [0, 0.05) is 30.5 Å². The molecule has 1 aromatic heterocycles. The van der Waals surface area contributed by atoms with E-state index in [2.05, 4.69) is 25.9 Å². The van der Waals surface area contributed by atoms with Gasteiger partial charge in [-0.05, 0) is 50.2 Å². The second kappa shape index (κ2) is 10.2. The van der Waals surface area contributed by atoms with E-state index < -0.39 is 23.8 Å². The molecule has 1 aliphatic heterocycles. The van der Waals surface area contributed by atoms with Crippen LogP contribution in [0.25, 0.3) is 0 Å². The van der Waals surface area contributed by atoms with Gasteiger partial charge in [-0.25, -0.2) is 4.98 Å². The van der Waals surface area contributed by atoms with E-state index in [1.807, 2.05) is 37.3 Å². The Morgan fingerprint density at radius 2 is 1.66 bits per heavy atom. The summed E-state index contributed by atoms with van der Waals surface area (Å²) in [6.45, 7) is 4.00. The predicted molar refractivity (Wildman–Crippen MR) is 131 cm³/mol. The molecule has 3 aromatic rings. The largest absolute Gasteiger partial charge is 0.497 e. The first-order valence-corrected chi connectivity index (χ1v) is 11.1. The van der Waals surface area contributed by atoms with Crippen LogP contribution in [0.3, 0.4) is 0 Å². The van der Waals surface area contributed by atoms with Crippen LogP contribution < -0.4 is 20.7 Å². The maximum atomic E-state index is 12.6. The molecule has 0 aliphatic carbocycles. The summed E-state index contributed by atoms with van der Waals surface area (Å²) in [4.78, 5) is 47.6.